The fraction of sp³-hybridized carbons (Fsp3) is 0. The van der Waals surface area contributed by atoms with Crippen LogP contribution in [0.25, 0.3) is 21.9 Å². The largest absolute Gasteiger partial charge is 0.456 e. The quantitative estimate of drug-likeness (QED) is 0.588. The smallest absolute Gasteiger partial charge is 0.139 e. The van der Waals surface area contributed by atoms with Crippen molar-refractivity contribution in [2.45, 2.75) is 0 Å². The normalized spacial score (nSPS) is 11.3. The van der Waals surface area contributed by atoms with E-state index in [1.807, 2.05) is 12.1 Å². The first-order valence-electron chi connectivity index (χ1n) is 4.23. The number of pyridine rings is 2. The molecule has 0 aliphatic rings. The molecule has 0 aliphatic heterocycles. The number of furan rings is 1. The molecule has 0 bridgehead atoms. The molecule has 0 unspecified atom stereocenters. The third-order valence-corrected chi connectivity index (χ3v) is 3.04. The highest BCUT2D eigenvalue weighted by Gasteiger charge is 2.08. The average molecular weight is 328 g/mol. The lowest BCUT2D eigenvalue weighted by Crippen LogP contribution is -1.75. The van der Waals surface area contributed by atoms with Crippen LogP contribution >= 0.6 is 31.9 Å². The number of hydrogen-bond donors (Lipinski definition) is 0. The van der Waals surface area contributed by atoms with Crippen LogP contribution in [0.4, 0.5) is 0 Å². The lowest BCUT2D eigenvalue weighted by atomic mass is 10.2. The summed E-state index contributed by atoms with van der Waals surface area (Å²) in [6.07, 6.45) is 3.56. The molecule has 0 atom stereocenters. The molecule has 0 saturated heterocycles. The number of halogens is 2. The van der Waals surface area contributed by atoms with Crippen molar-refractivity contribution < 1.29 is 4.42 Å². The number of rotatable bonds is 0. The Bertz CT molecular complexity index is 607. The molecule has 0 aliphatic carbocycles. The van der Waals surface area contributed by atoms with Crippen molar-refractivity contribution in [1.82, 2.24) is 9.97 Å². The average Bonchev–Trinajstić information content (AvgIpc) is 2.53. The fourth-order valence-corrected chi connectivity index (χ4v) is 2.14. The highest BCUT2D eigenvalue weighted by Crippen LogP contribution is 2.29. The van der Waals surface area contributed by atoms with E-state index in [1.54, 1.807) is 12.4 Å². The van der Waals surface area contributed by atoms with Crippen LogP contribution in [0.3, 0.4) is 0 Å². The fourth-order valence-electron chi connectivity index (χ4n) is 1.52. The molecule has 0 radical (unpaired) electrons. The molecule has 3 aromatic heterocycles. The van der Waals surface area contributed by atoms with Crippen LogP contribution in [0.5, 0.6) is 0 Å². The summed E-state index contributed by atoms with van der Waals surface area (Å²) in [4.78, 5) is 8.34. The van der Waals surface area contributed by atoms with E-state index in [1.165, 1.54) is 0 Å². The van der Waals surface area contributed by atoms with Crippen LogP contribution < -0.4 is 0 Å². The van der Waals surface area contributed by atoms with Gasteiger partial charge in [-0.3, -0.25) is 0 Å². The van der Waals surface area contributed by atoms with E-state index in [0.29, 0.717) is 0 Å². The zero-order valence-corrected chi connectivity index (χ0v) is 10.5. The van der Waals surface area contributed by atoms with Crippen LogP contribution in [0.2, 0.25) is 0 Å². The van der Waals surface area contributed by atoms with Gasteiger partial charge >= 0.3 is 0 Å². The predicted octanol–water partition coefficient (Wildman–Crippen LogP) is 3.90. The van der Waals surface area contributed by atoms with Crippen molar-refractivity contribution in [1.29, 1.82) is 0 Å². The molecule has 3 nitrogen and oxygen atoms in total. The number of aromatic nitrogens is 2. The van der Waals surface area contributed by atoms with E-state index in [2.05, 4.69) is 41.8 Å². The zero-order valence-electron chi connectivity index (χ0n) is 7.37. The van der Waals surface area contributed by atoms with E-state index in [0.717, 1.165) is 31.1 Å². The molecule has 0 saturated carbocycles. The first-order chi connectivity index (χ1) is 7.24. The maximum atomic E-state index is 5.67. The van der Waals surface area contributed by atoms with E-state index < -0.39 is 0 Å². The zero-order chi connectivity index (χ0) is 10.4. The molecule has 0 amide bonds. The summed E-state index contributed by atoms with van der Waals surface area (Å²) < 4.78 is 7.20. The molecule has 3 aromatic rings. The van der Waals surface area contributed by atoms with Crippen molar-refractivity contribution in [2.24, 2.45) is 0 Å². The van der Waals surface area contributed by atoms with E-state index in [4.69, 9.17) is 4.42 Å². The molecule has 0 spiro atoms. The van der Waals surface area contributed by atoms with E-state index in [-0.39, 0.29) is 0 Å². The highest BCUT2D eigenvalue weighted by molar-refractivity contribution is 9.10. The third-order valence-electron chi connectivity index (χ3n) is 2.18. The van der Waals surface area contributed by atoms with Gasteiger partial charge in [0.25, 0.3) is 0 Å². The SMILES string of the molecule is Brc1cc2oc3cc(Br)ncc3c2cn1. The van der Waals surface area contributed by atoms with Crippen molar-refractivity contribution in [3.8, 4) is 0 Å². The van der Waals surface area contributed by atoms with Crippen molar-refractivity contribution in [3.63, 3.8) is 0 Å². The summed E-state index contributed by atoms with van der Waals surface area (Å²) in [6, 6.07) is 3.70. The Morgan fingerprint density at radius 1 is 0.867 bits per heavy atom. The van der Waals surface area contributed by atoms with Gasteiger partial charge in [-0.15, -0.1) is 0 Å². The van der Waals surface area contributed by atoms with Gasteiger partial charge in [0.05, 0.1) is 0 Å². The topological polar surface area (TPSA) is 38.9 Å². The van der Waals surface area contributed by atoms with Crippen LogP contribution in [0.15, 0.2) is 38.1 Å². The van der Waals surface area contributed by atoms with Crippen LogP contribution in [-0.2, 0) is 0 Å². The molecule has 74 valence electrons. The van der Waals surface area contributed by atoms with Gasteiger partial charge in [0.15, 0.2) is 0 Å². The summed E-state index contributed by atoms with van der Waals surface area (Å²) in [5.41, 5.74) is 1.62. The lowest BCUT2D eigenvalue weighted by Gasteiger charge is -1.89. The second-order valence-electron chi connectivity index (χ2n) is 3.11. The Balaban J connectivity index is 2.51. The number of nitrogens with zero attached hydrogens (tertiary/aromatic N) is 2. The molecular weight excluding hydrogens is 324 g/mol. The number of hydrogen-bond acceptors (Lipinski definition) is 3. The summed E-state index contributed by atoms with van der Waals surface area (Å²) in [5.74, 6) is 0. The standard InChI is InChI=1S/C10H4Br2N2O/c11-9-1-7-5(3-13-9)6-4-14-10(12)2-8(6)15-7/h1-4H. The Morgan fingerprint density at radius 3 is 1.80 bits per heavy atom. The Labute approximate surface area is 102 Å². The van der Waals surface area contributed by atoms with Gasteiger partial charge < -0.3 is 4.42 Å². The predicted molar refractivity (Wildman–Crippen MR) is 64.7 cm³/mol. The van der Waals surface area contributed by atoms with Gasteiger partial charge in [-0.1, -0.05) is 0 Å². The molecule has 0 fully saturated rings. The monoisotopic (exact) mass is 326 g/mol. The van der Waals surface area contributed by atoms with Crippen LogP contribution in [0, 0.1) is 0 Å². The highest BCUT2D eigenvalue weighted by atomic mass is 79.9. The van der Waals surface area contributed by atoms with Gasteiger partial charge in [0.2, 0.25) is 0 Å². The minimum absolute atomic E-state index is 0.765. The first kappa shape index (κ1) is 9.30. The minimum Gasteiger partial charge on any atom is -0.456 e. The van der Waals surface area contributed by atoms with E-state index >= 15 is 0 Å². The maximum absolute atomic E-state index is 5.67. The van der Waals surface area contributed by atoms with Crippen LogP contribution in [-0.4, -0.2) is 9.97 Å². The molecule has 0 N–H and O–H groups in total. The molecule has 3 heterocycles. The minimum atomic E-state index is 0.765. The molecule has 0 aromatic carbocycles. The molecule has 3 rings (SSSR count). The van der Waals surface area contributed by atoms with Gasteiger partial charge in [0, 0.05) is 35.3 Å². The summed E-state index contributed by atoms with van der Waals surface area (Å²) in [6.45, 7) is 0. The third kappa shape index (κ3) is 1.46. The Kier molecular flexibility index (Phi) is 2.03. The maximum Gasteiger partial charge on any atom is 0.139 e. The summed E-state index contributed by atoms with van der Waals surface area (Å²) >= 11 is 6.62. The van der Waals surface area contributed by atoms with Gasteiger partial charge in [0.1, 0.15) is 20.4 Å². The van der Waals surface area contributed by atoms with Crippen molar-refractivity contribution in [2.75, 3.05) is 0 Å². The second-order valence-corrected chi connectivity index (χ2v) is 4.73. The molecule has 5 heteroatoms. The van der Waals surface area contributed by atoms with Crippen molar-refractivity contribution in [3.05, 3.63) is 33.7 Å². The van der Waals surface area contributed by atoms with Crippen LogP contribution in [0.1, 0.15) is 0 Å². The van der Waals surface area contributed by atoms with Gasteiger partial charge in [-0.25, -0.2) is 9.97 Å². The lowest BCUT2D eigenvalue weighted by molar-refractivity contribution is 0.667. The molecule has 15 heavy (non-hydrogen) atoms. The Hall–Kier alpha value is -0.940. The van der Waals surface area contributed by atoms with Gasteiger partial charge in [-0.2, -0.15) is 0 Å². The first-order valence-corrected chi connectivity index (χ1v) is 5.82. The van der Waals surface area contributed by atoms with E-state index in [9.17, 15) is 0 Å². The summed E-state index contributed by atoms with van der Waals surface area (Å²) in [5, 5.41) is 1.96. The van der Waals surface area contributed by atoms with Gasteiger partial charge in [-0.05, 0) is 31.9 Å². The Morgan fingerprint density at radius 2 is 1.33 bits per heavy atom. The second kappa shape index (κ2) is 3.28. The number of fused-ring (bicyclic) bond motifs is 3. The van der Waals surface area contributed by atoms with Crippen molar-refractivity contribution >= 4 is 53.8 Å². The molecular formula is C10H4Br2N2O. The summed E-state index contributed by atoms with van der Waals surface area (Å²) in [7, 11) is 0.